The van der Waals surface area contributed by atoms with Crippen LogP contribution in [0.3, 0.4) is 0 Å². The van der Waals surface area contributed by atoms with E-state index in [0.29, 0.717) is 10.7 Å². The van der Waals surface area contributed by atoms with Crippen LogP contribution in [0.1, 0.15) is 22.8 Å². The molecule has 0 radical (unpaired) electrons. The van der Waals surface area contributed by atoms with Crippen molar-refractivity contribution in [3.63, 3.8) is 0 Å². The summed E-state index contributed by atoms with van der Waals surface area (Å²) in [5.74, 6) is -2.84. The van der Waals surface area contributed by atoms with E-state index in [4.69, 9.17) is 11.6 Å². The van der Waals surface area contributed by atoms with Gasteiger partial charge in [-0.3, -0.25) is 9.59 Å². The topological polar surface area (TPSA) is 55.4 Å². The lowest BCUT2D eigenvalue weighted by Crippen LogP contribution is -2.18. The molecule has 3 rings (SSSR count). The fourth-order valence-corrected chi connectivity index (χ4v) is 2.56. The fourth-order valence-electron chi connectivity index (χ4n) is 2.37. The van der Waals surface area contributed by atoms with Crippen LogP contribution >= 0.6 is 11.6 Å². The molecule has 0 spiro atoms. The number of hydrogen-bond acceptors (Lipinski definition) is 3. The number of anilines is 1. The molecule has 1 amide bonds. The standard InChI is InChI=1S/C16H11ClF3NO3.C6H5F/c1-9(22)24-14-12(6-3-7-13(14)16(18,19)20)15(23)21-11-5-2-4-10(17)8-11;7-6-4-2-1-3-5-6/h2-8H,1H3,(H,21,23);1-5H. The quantitative estimate of drug-likeness (QED) is 0.285. The lowest BCUT2D eigenvalue weighted by atomic mass is 10.1. The Kier molecular flexibility index (Phi) is 8.15. The summed E-state index contributed by atoms with van der Waals surface area (Å²) in [6.07, 6.45) is -4.78. The van der Waals surface area contributed by atoms with E-state index in [0.717, 1.165) is 25.1 Å². The Morgan fingerprint density at radius 2 is 1.58 bits per heavy atom. The number of amides is 1. The first-order valence-corrected chi connectivity index (χ1v) is 9.12. The second kappa shape index (κ2) is 10.6. The van der Waals surface area contributed by atoms with Gasteiger partial charge >= 0.3 is 12.1 Å². The largest absolute Gasteiger partial charge is 0.425 e. The molecule has 0 unspecified atom stereocenters. The van der Waals surface area contributed by atoms with Crippen LogP contribution in [0.15, 0.2) is 72.8 Å². The third kappa shape index (κ3) is 7.42. The average Bonchev–Trinajstić information content (AvgIpc) is 2.68. The molecule has 3 aromatic rings. The Morgan fingerprint density at radius 1 is 0.935 bits per heavy atom. The molecule has 9 heteroatoms. The van der Waals surface area contributed by atoms with Crippen LogP contribution < -0.4 is 10.1 Å². The molecule has 162 valence electrons. The predicted octanol–water partition coefficient (Wildman–Crippen LogP) is 6.36. The Labute approximate surface area is 180 Å². The average molecular weight is 454 g/mol. The number of carbonyl (C=O) groups is 2. The first kappa shape index (κ1) is 23.9. The number of hydrogen-bond donors (Lipinski definition) is 1. The van der Waals surface area contributed by atoms with E-state index in [-0.39, 0.29) is 5.82 Å². The minimum Gasteiger partial charge on any atom is -0.425 e. The van der Waals surface area contributed by atoms with Crippen LogP contribution in [-0.4, -0.2) is 11.9 Å². The number of rotatable bonds is 3. The lowest BCUT2D eigenvalue weighted by Gasteiger charge is -2.15. The molecule has 0 aromatic heterocycles. The van der Waals surface area contributed by atoms with Crippen molar-refractivity contribution in [1.82, 2.24) is 0 Å². The molecule has 4 nitrogen and oxygen atoms in total. The molecule has 0 saturated carbocycles. The van der Waals surface area contributed by atoms with E-state index in [9.17, 15) is 27.2 Å². The molecule has 0 bridgehead atoms. The molecule has 31 heavy (non-hydrogen) atoms. The SMILES string of the molecule is CC(=O)Oc1c(C(=O)Nc2cccc(Cl)c2)cccc1C(F)(F)F.Fc1ccccc1. The van der Waals surface area contributed by atoms with Crippen LogP contribution in [-0.2, 0) is 11.0 Å². The number of benzene rings is 3. The van der Waals surface area contributed by atoms with E-state index in [2.05, 4.69) is 10.1 Å². The van der Waals surface area contributed by atoms with Crippen molar-refractivity contribution >= 4 is 29.2 Å². The summed E-state index contributed by atoms with van der Waals surface area (Å²) in [4.78, 5) is 23.4. The predicted molar refractivity (Wildman–Crippen MR) is 109 cm³/mol. The van der Waals surface area contributed by atoms with Crippen molar-refractivity contribution < 1.29 is 31.9 Å². The number of carbonyl (C=O) groups excluding carboxylic acids is 2. The molecule has 0 fully saturated rings. The van der Waals surface area contributed by atoms with Gasteiger partial charge in [-0.05, 0) is 42.5 Å². The van der Waals surface area contributed by atoms with Crippen molar-refractivity contribution in [3.05, 3.63) is 94.8 Å². The van der Waals surface area contributed by atoms with E-state index >= 15 is 0 Å². The molecule has 1 N–H and O–H groups in total. The van der Waals surface area contributed by atoms with Gasteiger partial charge < -0.3 is 10.1 Å². The number of halogens is 5. The van der Waals surface area contributed by atoms with Gasteiger partial charge in [-0.2, -0.15) is 13.2 Å². The molecule has 0 heterocycles. The third-order valence-corrected chi connectivity index (χ3v) is 3.86. The molecule has 0 aliphatic heterocycles. The number of alkyl halides is 3. The Morgan fingerprint density at radius 3 is 2.10 bits per heavy atom. The maximum Gasteiger partial charge on any atom is 0.420 e. The summed E-state index contributed by atoms with van der Waals surface area (Å²) in [6.45, 7) is 0.950. The summed E-state index contributed by atoms with van der Waals surface area (Å²) >= 11 is 5.79. The molecular formula is C22H16ClF4NO3. The highest BCUT2D eigenvalue weighted by molar-refractivity contribution is 6.31. The Balaban J connectivity index is 0.000000412. The minimum atomic E-state index is -4.78. The third-order valence-electron chi connectivity index (χ3n) is 3.63. The van der Waals surface area contributed by atoms with Crippen LogP contribution in [0.4, 0.5) is 23.2 Å². The van der Waals surface area contributed by atoms with Crippen molar-refractivity contribution in [3.8, 4) is 5.75 Å². The van der Waals surface area contributed by atoms with Crippen LogP contribution in [0.2, 0.25) is 5.02 Å². The van der Waals surface area contributed by atoms with Gasteiger partial charge in [-0.15, -0.1) is 0 Å². The Hall–Kier alpha value is -3.39. The summed E-state index contributed by atoms with van der Waals surface area (Å²) in [7, 11) is 0. The van der Waals surface area contributed by atoms with E-state index in [1.54, 1.807) is 30.3 Å². The summed E-state index contributed by atoms with van der Waals surface area (Å²) in [6, 6.07) is 16.9. The number of nitrogens with one attached hydrogen (secondary N) is 1. The maximum absolute atomic E-state index is 13.1. The van der Waals surface area contributed by atoms with E-state index in [1.165, 1.54) is 24.3 Å². The van der Waals surface area contributed by atoms with Crippen molar-refractivity contribution in [1.29, 1.82) is 0 Å². The molecule has 0 aliphatic rings. The molecule has 0 aliphatic carbocycles. The lowest BCUT2D eigenvalue weighted by molar-refractivity contribution is -0.141. The molecular weight excluding hydrogens is 438 g/mol. The number of para-hydroxylation sites is 1. The van der Waals surface area contributed by atoms with Gasteiger partial charge in [0.05, 0.1) is 11.1 Å². The number of ether oxygens (including phenoxy) is 1. The maximum atomic E-state index is 13.1. The van der Waals surface area contributed by atoms with Gasteiger partial charge in [0.25, 0.3) is 5.91 Å². The van der Waals surface area contributed by atoms with Crippen LogP contribution in [0, 0.1) is 5.82 Å². The smallest absolute Gasteiger partial charge is 0.420 e. The molecule has 0 atom stereocenters. The van der Waals surface area contributed by atoms with Gasteiger partial charge in [0.15, 0.2) is 5.75 Å². The highest BCUT2D eigenvalue weighted by Gasteiger charge is 2.36. The van der Waals surface area contributed by atoms with E-state index in [1.807, 2.05) is 0 Å². The van der Waals surface area contributed by atoms with Crippen molar-refractivity contribution in [2.24, 2.45) is 0 Å². The summed E-state index contributed by atoms with van der Waals surface area (Å²) in [5, 5.41) is 2.75. The number of esters is 1. The van der Waals surface area contributed by atoms with Gasteiger partial charge in [0.1, 0.15) is 5.82 Å². The zero-order valence-corrected chi connectivity index (χ0v) is 16.8. The van der Waals surface area contributed by atoms with E-state index < -0.39 is 34.9 Å². The summed E-state index contributed by atoms with van der Waals surface area (Å²) < 4.78 is 55.8. The van der Waals surface area contributed by atoms with Crippen molar-refractivity contribution in [2.75, 3.05) is 5.32 Å². The highest BCUT2D eigenvalue weighted by atomic mass is 35.5. The zero-order chi connectivity index (χ0) is 23.0. The normalized spacial score (nSPS) is 10.5. The minimum absolute atomic E-state index is 0.178. The van der Waals surface area contributed by atoms with Crippen LogP contribution in [0.5, 0.6) is 5.75 Å². The first-order valence-electron chi connectivity index (χ1n) is 8.74. The van der Waals surface area contributed by atoms with Crippen molar-refractivity contribution in [2.45, 2.75) is 13.1 Å². The fraction of sp³-hybridized carbons (Fsp3) is 0.0909. The van der Waals surface area contributed by atoms with Gasteiger partial charge in [0, 0.05) is 17.6 Å². The molecule has 0 saturated heterocycles. The van der Waals surface area contributed by atoms with Gasteiger partial charge in [-0.1, -0.05) is 41.9 Å². The van der Waals surface area contributed by atoms with Gasteiger partial charge in [-0.25, -0.2) is 4.39 Å². The van der Waals surface area contributed by atoms with Crippen LogP contribution in [0.25, 0.3) is 0 Å². The second-order valence-electron chi connectivity index (χ2n) is 6.03. The second-order valence-corrected chi connectivity index (χ2v) is 6.47. The summed E-state index contributed by atoms with van der Waals surface area (Å²) in [5.41, 5.74) is -1.34. The monoisotopic (exact) mass is 453 g/mol. The highest BCUT2D eigenvalue weighted by Crippen LogP contribution is 2.38. The van der Waals surface area contributed by atoms with Gasteiger partial charge in [0.2, 0.25) is 0 Å². The zero-order valence-electron chi connectivity index (χ0n) is 16.0. The molecule has 3 aromatic carbocycles. The Bertz CT molecular complexity index is 1060. The first-order chi connectivity index (χ1) is 14.6.